The van der Waals surface area contributed by atoms with Gasteiger partial charge in [0.1, 0.15) is 0 Å². The molecule has 0 amide bonds. The Labute approximate surface area is 114 Å². The molecule has 0 spiro atoms. The molecular formula is C15H22N4. The lowest BCUT2D eigenvalue weighted by atomic mass is 10.1. The SMILES string of the molecule is CCCCCCCNc1ccc(-n2cccn2)nc1. The Balaban J connectivity index is 1.73. The summed E-state index contributed by atoms with van der Waals surface area (Å²) in [5.41, 5.74) is 1.08. The number of hydrogen-bond donors (Lipinski definition) is 1. The van der Waals surface area contributed by atoms with Gasteiger partial charge in [-0.15, -0.1) is 0 Å². The van der Waals surface area contributed by atoms with Gasteiger partial charge in [-0.3, -0.25) is 0 Å². The zero-order chi connectivity index (χ0) is 13.3. The first-order valence-corrected chi connectivity index (χ1v) is 7.10. The summed E-state index contributed by atoms with van der Waals surface area (Å²) in [4.78, 5) is 4.39. The number of rotatable bonds is 8. The predicted molar refractivity (Wildman–Crippen MR) is 78.6 cm³/mol. The van der Waals surface area contributed by atoms with Crippen molar-refractivity contribution in [2.75, 3.05) is 11.9 Å². The lowest BCUT2D eigenvalue weighted by molar-refractivity contribution is 0.645. The van der Waals surface area contributed by atoms with Crippen LogP contribution in [0.4, 0.5) is 5.69 Å². The van der Waals surface area contributed by atoms with E-state index in [-0.39, 0.29) is 0 Å². The van der Waals surface area contributed by atoms with E-state index in [0.717, 1.165) is 18.1 Å². The van der Waals surface area contributed by atoms with Crippen LogP contribution in [0, 0.1) is 0 Å². The van der Waals surface area contributed by atoms with Crippen LogP contribution >= 0.6 is 0 Å². The van der Waals surface area contributed by atoms with Crippen LogP contribution in [0.1, 0.15) is 39.0 Å². The summed E-state index contributed by atoms with van der Waals surface area (Å²) in [5, 5.41) is 7.56. The van der Waals surface area contributed by atoms with Crippen molar-refractivity contribution in [1.82, 2.24) is 14.8 Å². The molecule has 0 atom stereocenters. The van der Waals surface area contributed by atoms with Crippen molar-refractivity contribution < 1.29 is 0 Å². The molecule has 2 heterocycles. The van der Waals surface area contributed by atoms with E-state index in [4.69, 9.17) is 0 Å². The van der Waals surface area contributed by atoms with E-state index in [1.54, 1.807) is 10.9 Å². The van der Waals surface area contributed by atoms with Crippen LogP contribution in [0.5, 0.6) is 0 Å². The number of pyridine rings is 1. The molecule has 0 unspecified atom stereocenters. The van der Waals surface area contributed by atoms with E-state index >= 15 is 0 Å². The van der Waals surface area contributed by atoms with Gasteiger partial charge in [0.15, 0.2) is 5.82 Å². The van der Waals surface area contributed by atoms with E-state index in [1.807, 2.05) is 24.5 Å². The van der Waals surface area contributed by atoms with Crippen LogP contribution in [-0.2, 0) is 0 Å². The molecule has 19 heavy (non-hydrogen) atoms. The molecule has 4 heteroatoms. The van der Waals surface area contributed by atoms with Gasteiger partial charge >= 0.3 is 0 Å². The third-order valence-electron chi connectivity index (χ3n) is 3.10. The lowest BCUT2D eigenvalue weighted by Gasteiger charge is -2.07. The average Bonchev–Trinajstić information content (AvgIpc) is 2.97. The van der Waals surface area contributed by atoms with Crippen LogP contribution < -0.4 is 5.32 Å². The van der Waals surface area contributed by atoms with Gasteiger partial charge in [-0.05, 0) is 24.6 Å². The Morgan fingerprint density at radius 1 is 1.16 bits per heavy atom. The molecule has 0 aliphatic heterocycles. The molecule has 1 N–H and O–H groups in total. The van der Waals surface area contributed by atoms with Crippen molar-refractivity contribution in [3.05, 3.63) is 36.8 Å². The monoisotopic (exact) mass is 258 g/mol. The molecule has 0 aromatic carbocycles. The molecule has 0 radical (unpaired) electrons. The zero-order valence-electron chi connectivity index (χ0n) is 11.5. The Kier molecular flexibility index (Phi) is 5.41. The summed E-state index contributed by atoms with van der Waals surface area (Å²) in [6, 6.07) is 5.92. The second kappa shape index (κ2) is 7.56. The standard InChI is InChI=1S/C15H22N4/c1-2-3-4-5-6-10-16-14-8-9-15(17-13-14)19-12-7-11-18-19/h7-9,11-13,16H,2-6,10H2,1H3. The number of aromatic nitrogens is 3. The third kappa shape index (κ3) is 4.39. The van der Waals surface area contributed by atoms with E-state index in [1.165, 1.54) is 32.1 Å². The molecule has 0 bridgehead atoms. The molecule has 0 aliphatic rings. The maximum Gasteiger partial charge on any atom is 0.153 e. The fourth-order valence-corrected chi connectivity index (χ4v) is 1.99. The molecule has 0 saturated carbocycles. The van der Waals surface area contributed by atoms with Crippen LogP contribution in [-0.4, -0.2) is 21.3 Å². The van der Waals surface area contributed by atoms with Gasteiger partial charge in [0.25, 0.3) is 0 Å². The highest BCUT2D eigenvalue weighted by molar-refractivity contribution is 5.43. The molecule has 2 rings (SSSR count). The van der Waals surface area contributed by atoms with E-state index < -0.39 is 0 Å². The summed E-state index contributed by atoms with van der Waals surface area (Å²) in [6.07, 6.45) is 12.0. The molecule has 0 fully saturated rings. The quantitative estimate of drug-likeness (QED) is 0.735. The first-order valence-electron chi connectivity index (χ1n) is 7.10. The number of anilines is 1. The van der Waals surface area contributed by atoms with Crippen molar-refractivity contribution in [3.8, 4) is 5.82 Å². The molecule has 0 saturated heterocycles. The van der Waals surface area contributed by atoms with Crippen LogP contribution in [0.15, 0.2) is 36.8 Å². The number of hydrogen-bond acceptors (Lipinski definition) is 3. The molecule has 4 nitrogen and oxygen atoms in total. The minimum atomic E-state index is 0.846. The minimum Gasteiger partial charge on any atom is -0.384 e. The molecule has 102 valence electrons. The lowest BCUT2D eigenvalue weighted by Crippen LogP contribution is -2.03. The molecular weight excluding hydrogens is 236 g/mol. The van der Waals surface area contributed by atoms with Crippen molar-refractivity contribution >= 4 is 5.69 Å². The smallest absolute Gasteiger partial charge is 0.153 e. The third-order valence-corrected chi connectivity index (χ3v) is 3.10. The van der Waals surface area contributed by atoms with Crippen LogP contribution in [0.2, 0.25) is 0 Å². The van der Waals surface area contributed by atoms with Gasteiger partial charge < -0.3 is 5.32 Å². The van der Waals surface area contributed by atoms with Crippen molar-refractivity contribution in [2.24, 2.45) is 0 Å². The topological polar surface area (TPSA) is 42.7 Å². The van der Waals surface area contributed by atoms with Crippen molar-refractivity contribution in [1.29, 1.82) is 0 Å². The first-order chi connectivity index (χ1) is 9.40. The van der Waals surface area contributed by atoms with Gasteiger partial charge in [0.05, 0.1) is 11.9 Å². The van der Waals surface area contributed by atoms with Crippen LogP contribution in [0.3, 0.4) is 0 Å². The summed E-state index contributed by atoms with van der Waals surface area (Å²) < 4.78 is 1.76. The highest BCUT2D eigenvalue weighted by Crippen LogP contribution is 2.09. The second-order valence-corrected chi connectivity index (χ2v) is 4.70. The van der Waals surface area contributed by atoms with E-state index in [2.05, 4.69) is 28.4 Å². The van der Waals surface area contributed by atoms with Gasteiger partial charge in [0.2, 0.25) is 0 Å². The summed E-state index contributed by atoms with van der Waals surface area (Å²) in [5.74, 6) is 0.846. The minimum absolute atomic E-state index is 0.846. The summed E-state index contributed by atoms with van der Waals surface area (Å²) in [7, 11) is 0. The number of nitrogens with one attached hydrogen (secondary N) is 1. The first kappa shape index (κ1) is 13.6. The predicted octanol–water partition coefficient (Wildman–Crippen LogP) is 3.65. The zero-order valence-corrected chi connectivity index (χ0v) is 11.5. The maximum atomic E-state index is 4.39. The summed E-state index contributed by atoms with van der Waals surface area (Å²) >= 11 is 0. The van der Waals surface area contributed by atoms with Crippen molar-refractivity contribution in [3.63, 3.8) is 0 Å². The molecule has 2 aromatic rings. The highest BCUT2D eigenvalue weighted by atomic mass is 15.3. The highest BCUT2D eigenvalue weighted by Gasteiger charge is 1.98. The average molecular weight is 258 g/mol. The Hall–Kier alpha value is -1.84. The number of nitrogens with zero attached hydrogens (tertiary/aromatic N) is 3. The van der Waals surface area contributed by atoms with E-state index in [9.17, 15) is 0 Å². The Bertz CT molecular complexity index is 448. The summed E-state index contributed by atoms with van der Waals surface area (Å²) in [6.45, 7) is 3.26. The maximum absolute atomic E-state index is 4.39. The van der Waals surface area contributed by atoms with Crippen molar-refractivity contribution in [2.45, 2.75) is 39.0 Å². The van der Waals surface area contributed by atoms with Gasteiger partial charge in [-0.2, -0.15) is 5.10 Å². The fraction of sp³-hybridized carbons (Fsp3) is 0.467. The van der Waals surface area contributed by atoms with Gasteiger partial charge in [0, 0.05) is 18.9 Å². The Morgan fingerprint density at radius 3 is 2.74 bits per heavy atom. The second-order valence-electron chi connectivity index (χ2n) is 4.70. The van der Waals surface area contributed by atoms with Gasteiger partial charge in [-0.1, -0.05) is 32.6 Å². The fourth-order valence-electron chi connectivity index (χ4n) is 1.99. The Morgan fingerprint density at radius 2 is 2.05 bits per heavy atom. The normalized spacial score (nSPS) is 10.6. The van der Waals surface area contributed by atoms with Gasteiger partial charge in [-0.25, -0.2) is 9.67 Å². The molecule has 0 aliphatic carbocycles. The van der Waals surface area contributed by atoms with Crippen LogP contribution in [0.25, 0.3) is 5.82 Å². The largest absolute Gasteiger partial charge is 0.384 e. The van der Waals surface area contributed by atoms with E-state index in [0.29, 0.717) is 0 Å². The number of unbranched alkanes of at least 4 members (excludes halogenated alkanes) is 4. The molecule has 2 aromatic heterocycles.